The molecule has 22 heavy (non-hydrogen) atoms. The van der Waals surface area contributed by atoms with Crippen LogP contribution in [-0.4, -0.2) is 11.6 Å². The van der Waals surface area contributed by atoms with Crippen LogP contribution in [0.5, 0.6) is 5.75 Å². The summed E-state index contributed by atoms with van der Waals surface area (Å²) in [5.74, 6) is 0.910. The van der Waals surface area contributed by atoms with E-state index in [9.17, 15) is 0 Å². The number of nitrogens with one attached hydrogen (secondary N) is 1. The lowest BCUT2D eigenvalue weighted by Gasteiger charge is -2.07. The van der Waals surface area contributed by atoms with Crippen LogP contribution >= 0.6 is 17.0 Å². The van der Waals surface area contributed by atoms with Crippen molar-refractivity contribution in [3.05, 3.63) is 65.9 Å². The van der Waals surface area contributed by atoms with E-state index >= 15 is 0 Å². The van der Waals surface area contributed by atoms with Crippen LogP contribution in [0.3, 0.4) is 0 Å². The molecule has 116 valence electrons. The molecule has 1 N–H and O–H groups in total. The highest BCUT2D eigenvalue weighted by molar-refractivity contribution is 8.93. The Morgan fingerprint density at radius 3 is 2.55 bits per heavy atom. The first-order chi connectivity index (χ1) is 10.3. The highest BCUT2D eigenvalue weighted by Gasteiger charge is 2.06. The number of ether oxygens (including phenoxy) is 1. The minimum atomic E-state index is 0. The lowest BCUT2D eigenvalue weighted by atomic mass is 10.2. The molecule has 1 aromatic heterocycles. The number of hydrogen-bond acceptors (Lipinski definition) is 2. The number of nitrogens with zero attached hydrogens (tertiary/aromatic N) is 1. The number of hydrogen-bond donors (Lipinski definition) is 1. The predicted octanol–water partition coefficient (Wildman–Crippen LogP) is 4.05. The maximum absolute atomic E-state index is 5.88. The van der Waals surface area contributed by atoms with Crippen molar-refractivity contribution in [1.29, 1.82) is 0 Å². The minimum Gasteiger partial charge on any atom is -0.489 e. The van der Waals surface area contributed by atoms with Crippen molar-refractivity contribution in [2.45, 2.75) is 13.2 Å². The van der Waals surface area contributed by atoms with Crippen LogP contribution < -0.4 is 10.1 Å². The van der Waals surface area contributed by atoms with E-state index in [0.29, 0.717) is 6.61 Å². The molecular formula is C18H21BrN2O. The average molecular weight is 361 g/mol. The Morgan fingerprint density at radius 1 is 1.05 bits per heavy atom. The summed E-state index contributed by atoms with van der Waals surface area (Å²) in [6, 6.07) is 18.7. The first-order valence-electron chi connectivity index (χ1n) is 7.17. The highest BCUT2D eigenvalue weighted by Crippen LogP contribution is 2.24. The summed E-state index contributed by atoms with van der Waals surface area (Å²) < 4.78 is 8.10. The Kier molecular flexibility index (Phi) is 5.63. The van der Waals surface area contributed by atoms with Gasteiger partial charge in [-0.15, -0.1) is 17.0 Å². The Hall–Kier alpha value is -1.78. The second-order valence-corrected chi connectivity index (χ2v) is 5.22. The fraction of sp³-hybridized carbons (Fsp3) is 0.222. The monoisotopic (exact) mass is 360 g/mol. The summed E-state index contributed by atoms with van der Waals surface area (Å²) in [5, 5.41) is 4.41. The molecule has 3 aromatic rings. The van der Waals surface area contributed by atoms with E-state index in [1.807, 2.05) is 31.3 Å². The van der Waals surface area contributed by atoms with Gasteiger partial charge in [-0.25, -0.2) is 0 Å². The van der Waals surface area contributed by atoms with Crippen molar-refractivity contribution in [3.8, 4) is 5.75 Å². The topological polar surface area (TPSA) is 26.2 Å². The van der Waals surface area contributed by atoms with Gasteiger partial charge in [0.15, 0.2) is 0 Å². The van der Waals surface area contributed by atoms with E-state index in [-0.39, 0.29) is 17.0 Å². The van der Waals surface area contributed by atoms with Crippen LogP contribution in [0.15, 0.2) is 54.6 Å². The maximum Gasteiger partial charge on any atom is 0.120 e. The van der Waals surface area contributed by atoms with Crippen molar-refractivity contribution in [2.75, 3.05) is 7.05 Å². The standard InChI is InChI=1S/C18H20N2O.BrH/c1-19-12-16-10-15-11-17(8-9-18(15)20(16)2)21-13-14-6-4-3-5-7-14;/h3-11,19H,12-13H2,1-2H3;1H. The molecular weight excluding hydrogens is 340 g/mol. The second kappa shape index (κ2) is 7.47. The molecule has 0 atom stereocenters. The first-order valence-corrected chi connectivity index (χ1v) is 7.17. The molecule has 0 unspecified atom stereocenters. The fourth-order valence-electron chi connectivity index (χ4n) is 2.57. The van der Waals surface area contributed by atoms with Crippen LogP contribution in [0, 0.1) is 0 Å². The van der Waals surface area contributed by atoms with Crippen molar-refractivity contribution in [1.82, 2.24) is 9.88 Å². The SMILES string of the molecule is Br.CNCc1cc2cc(OCc3ccccc3)ccc2n1C. The van der Waals surface area contributed by atoms with Crippen LogP contribution in [0.4, 0.5) is 0 Å². The van der Waals surface area contributed by atoms with Gasteiger partial charge in [0.05, 0.1) is 0 Å². The van der Waals surface area contributed by atoms with Gasteiger partial charge in [-0.3, -0.25) is 0 Å². The van der Waals surface area contributed by atoms with Gasteiger partial charge in [0.1, 0.15) is 12.4 Å². The molecule has 0 aliphatic rings. The highest BCUT2D eigenvalue weighted by atomic mass is 79.9. The van der Waals surface area contributed by atoms with Gasteiger partial charge in [0.2, 0.25) is 0 Å². The zero-order valence-corrected chi connectivity index (χ0v) is 14.6. The molecule has 0 saturated carbocycles. The molecule has 3 rings (SSSR count). The molecule has 4 heteroatoms. The third-order valence-electron chi connectivity index (χ3n) is 3.72. The Labute approximate surface area is 141 Å². The quantitative estimate of drug-likeness (QED) is 0.742. The summed E-state index contributed by atoms with van der Waals surface area (Å²) >= 11 is 0. The number of benzene rings is 2. The zero-order valence-electron chi connectivity index (χ0n) is 12.9. The normalized spacial score (nSPS) is 10.5. The van der Waals surface area contributed by atoms with E-state index in [1.54, 1.807) is 0 Å². The molecule has 3 nitrogen and oxygen atoms in total. The van der Waals surface area contributed by atoms with E-state index in [2.05, 4.69) is 47.3 Å². The molecule has 0 spiro atoms. The van der Waals surface area contributed by atoms with E-state index in [1.165, 1.54) is 22.2 Å². The third kappa shape index (κ3) is 3.51. The van der Waals surface area contributed by atoms with Gasteiger partial charge in [-0.2, -0.15) is 0 Å². The van der Waals surface area contributed by atoms with E-state index in [4.69, 9.17) is 4.74 Å². The van der Waals surface area contributed by atoms with Crippen LogP contribution in [0.2, 0.25) is 0 Å². The van der Waals surface area contributed by atoms with Crippen LogP contribution in [0.1, 0.15) is 11.3 Å². The van der Waals surface area contributed by atoms with E-state index in [0.717, 1.165) is 12.3 Å². The third-order valence-corrected chi connectivity index (χ3v) is 3.72. The number of halogens is 1. The Bertz CT molecular complexity index is 737. The molecule has 0 radical (unpaired) electrons. The van der Waals surface area contributed by atoms with Gasteiger partial charge < -0.3 is 14.6 Å². The lowest BCUT2D eigenvalue weighted by Crippen LogP contribution is -2.08. The van der Waals surface area contributed by atoms with Gasteiger partial charge in [-0.05, 0) is 36.9 Å². The number of rotatable bonds is 5. The summed E-state index contributed by atoms with van der Waals surface area (Å²) in [6.07, 6.45) is 0. The molecule has 0 bridgehead atoms. The molecule has 0 amide bonds. The summed E-state index contributed by atoms with van der Waals surface area (Å²) in [6.45, 7) is 1.47. The Balaban J connectivity index is 0.00000176. The van der Waals surface area contributed by atoms with Gasteiger partial charge in [0, 0.05) is 30.2 Å². The van der Waals surface area contributed by atoms with Crippen molar-refractivity contribution in [2.24, 2.45) is 7.05 Å². The average Bonchev–Trinajstić information content (AvgIpc) is 2.83. The smallest absolute Gasteiger partial charge is 0.120 e. The first kappa shape index (κ1) is 16.6. The summed E-state index contributed by atoms with van der Waals surface area (Å²) in [7, 11) is 4.06. The van der Waals surface area contributed by atoms with Gasteiger partial charge in [-0.1, -0.05) is 30.3 Å². The summed E-state index contributed by atoms with van der Waals surface area (Å²) in [4.78, 5) is 0. The lowest BCUT2D eigenvalue weighted by molar-refractivity contribution is 0.306. The summed E-state index contributed by atoms with van der Waals surface area (Å²) in [5.41, 5.74) is 3.68. The number of aryl methyl sites for hydroxylation is 1. The molecule has 0 aliphatic carbocycles. The number of aromatic nitrogens is 1. The maximum atomic E-state index is 5.88. The second-order valence-electron chi connectivity index (χ2n) is 5.22. The van der Waals surface area contributed by atoms with E-state index < -0.39 is 0 Å². The molecule has 1 heterocycles. The van der Waals surface area contributed by atoms with Crippen molar-refractivity contribution in [3.63, 3.8) is 0 Å². The Morgan fingerprint density at radius 2 is 1.82 bits per heavy atom. The molecule has 0 saturated heterocycles. The molecule has 2 aromatic carbocycles. The van der Waals surface area contributed by atoms with Gasteiger partial charge >= 0.3 is 0 Å². The number of fused-ring (bicyclic) bond motifs is 1. The predicted molar refractivity (Wildman–Crippen MR) is 96.8 cm³/mol. The van der Waals surface area contributed by atoms with Crippen LogP contribution in [-0.2, 0) is 20.2 Å². The van der Waals surface area contributed by atoms with Crippen molar-refractivity contribution < 1.29 is 4.74 Å². The molecule has 0 fully saturated rings. The minimum absolute atomic E-state index is 0. The largest absolute Gasteiger partial charge is 0.489 e. The zero-order chi connectivity index (χ0) is 14.7. The molecule has 0 aliphatic heterocycles. The van der Waals surface area contributed by atoms with Crippen molar-refractivity contribution >= 4 is 27.9 Å². The van der Waals surface area contributed by atoms with Gasteiger partial charge in [0.25, 0.3) is 0 Å². The van der Waals surface area contributed by atoms with Crippen LogP contribution in [0.25, 0.3) is 10.9 Å². The fourth-order valence-corrected chi connectivity index (χ4v) is 2.57.